The van der Waals surface area contributed by atoms with Gasteiger partial charge < -0.3 is 5.73 Å². The lowest BCUT2D eigenvalue weighted by molar-refractivity contribution is 0.978. The fourth-order valence-corrected chi connectivity index (χ4v) is 0.429. The van der Waals surface area contributed by atoms with Gasteiger partial charge in [0.2, 0.25) is 5.95 Å². The Labute approximate surface area is 52.4 Å². The van der Waals surface area contributed by atoms with Crippen molar-refractivity contribution in [3.8, 4) is 0 Å². The van der Waals surface area contributed by atoms with E-state index in [1.807, 2.05) is 0 Å². The summed E-state index contributed by atoms with van der Waals surface area (Å²) < 4.78 is 0. The molecule has 1 heterocycles. The number of anilines is 1. The van der Waals surface area contributed by atoms with Gasteiger partial charge in [0.25, 0.3) is 0 Å². The predicted octanol–water partition coefficient (Wildman–Crippen LogP) is 0.0968. The minimum Gasteiger partial charge on any atom is -0.366 e. The summed E-state index contributed by atoms with van der Waals surface area (Å²) in [6.45, 7) is 3.49. The van der Waals surface area contributed by atoms with Crippen LogP contribution in [0.2, 0.25) is 0 Å². The second-order valence-corrected chi connectivity index (χ2v) is 1.44. The summed E-state index contributed by atoms with van der Waals surface area (Å²) in [6.07, 6.45) is 3.05. The Bertz CT molecular complexity index is 220. The summed E-state index contributed by atoms with van der Waals surface area (Å²) in [7, 11) is 0. The summed E-state index contributed by atoms with van der Waals surface area (Å²) in [5, 5.41) is 7.00. The molecule has 0 aliphatic heterocycles. The van der Waals surface area contributed by atoms with Crippen LogP contribution >= 0.6 is 0 Å². The summed E-state index contributed by atoms with van der Waals surface area (Å²) in [6, 6.07) is 0. The van der Waals surface area contributed by atoms with E-state index in [-0.39, 0.29) is 5.95 Å². The fourth-order valence-electron chi connectivity index (χ4n) is 0.429. The maximum Gasteiger partial charge on any atom is 0.240 e. The van der Waals surface area contributed by atoms with Crippen LogP contribution in [0.15, 0.2) is 12.8 Å². The number of hydrogen-bond donors (Lipinski definition) is 1. The Morgan fingerprint density at radius 2 is 2.44 bits per heavy atom. The van der Waals surface area contributed by atoms with E-state index >= 15 is 0 Å². The van der Waals surface area contributed by atoms with E-state index in [0.29, 0.717) is 5.69 Å². The molecule has 0 fully saturated rings. The van der Waals surface area contributed by atoms with Crippen LogP contribution in [0.4, 0.5) is 5.95 Å². The lowest BCUT2D eigenvalue weighted by Crippen LogP contribution is -1.97. The van der Waals surface area contributed by atoms with Crippen molar-refractivity contribution in [1.82, 2.24) is 15.2 Å². The molecule has 2 N–H and O–H groups in total. The van der Waals surface area contributed by atoms with Crippen LogP contribution in [-0.4, -0.2) is 15.2 Å². The highest BCUT2D eigenvalue weighted by atomic mass is 15.2. The normalized spacial score (nSPS) is 8.89. The first-order valence-electron chi connectivity index (χ1n) is 2.40. The number of nitrogens with zero attached hydrogens (tertiary/aromatic N) is 3. The van der Waals surface area contributed by atoms with Gasteiger partial charge in [-0.15, -0.1) is 5.10 Å². The Balaban J connectivity index is 3.07. The van der Waals surface area contributed by atoms with Crippen LogP contribution < -0.4 is 5.73 Å². The van der Waals surface area contributed by atoms with Gasteiger partial charge in [-0.25, -0.2) is 4.98 Å². The van der Waals surface area contributed by atoms with Crippen molar-refractivity contribution in [3.05, 3.63) is 18.5 Å². The molecule has 4 nitrogen and oxygen atoms in total. The van der Waals surface area contributed by atoms with Crippen LogP contribution in [0, 0.1) is 0 Å². The minimum atomic E-state index is 0.174. The molecule has 0 unspecified atom stereocenters. The molecule has 1 aromatic rings. The van der Waals surface area contributed by atoms with Gasteiger partial charge in [0, 0.05) is 0 Å². The number of aromatic nitrogens is 3. The molecule has 1 rings (SSSR count). The van der Waals surface area contributed by atoms with Gasteiger partial charge >= 0.3 is 0 Å². The number of hydrogen-bond acceptors (Lipinski definition) is 4. The molecule has 4 heteroatoms. The molecular formula is C5H6N4. The maximum atomic E-state index is 5.20. The van der Waals surface area contributed by atoms with Crippen molar-refractivity contribution in [2.45, 2.75) is 0 Å². The molecular weight excluding hydrogens is 116 g/mol. The van der Waals surface area contributed by atoms with Crippen molar-refractivity contribution >= 4 is 12.0 Å². The Hall–Kier alpha value is -1.45. The molecule has 0 aliphatic carbocycles. The van der Waals surface area contributed by atoms with Gasteiger partial charge in [-0.05, 0) is 6.08 Å². The third kappa shape index (κ3) is 1.22. The molecule has 46 valence electrons. The van der Waals surface area contributed by atoms with Crippen LogP contribution in [-0.2, 0) is 0 Å². The van der Waals surface area contributed by atoms with Gasteiger partial charge in [-0.1, -0.05) is 6.58 Å². The monoisotopic (exact) mass is 122 g/mol. The fraction of sp³-hybridized carbons (Fsp3) is 0. The highest BCUT2D eigenvalue weighted by Gasteiger charge is 1.88. The maximum absolute atomic E-state index is 5.20. The van der Waals surface area contributed by atoms with E-state index in [0.717, 1.165) is 0 Å². The Morgan fingerprint density at radius 3 is 2.89 bits per heavy atom. The highest BCUT2D eigenvalue weighted by molar-refractivity contribution is 5.40. The van der Waals surface area contributed by atoms with Gasteiger partial charge in [0.05, 0.1) is 11.9 Å². The van der Waals surface area contributed by atoms with Crippen molar-refractivity contribution in [1.29, 1.82) is 0 Å². The highest BCUT2D eigenvalue weighted by Crippen LogP contribution is 1.93. The third-order valence-electron chi connectivity index (χ3n) is 0.803. The van der Waals surface area contributed by atoms with E-state index in [4.69, 9.17) is 5.73 Å². The lowest BCUT2D eigenvalue weighted by atomic mass is 10.5. The largest absolute Gasteiger partial charge is 0.366 e. The van der Waals surface area contributed by atoms with Crippen LogP contribution in [0.5, 0.6) is 0 Å². The van der Waals surface area contributed by atoms with Gasteiger partial charge in [-0.3, -0.25) is 0 Å². The topological polar surface area (TPSA) is 64.7 Å². The van der Waals surface area contributed by atoms with Crippen molar-refractivity contribution in [2.24, 2.45) is 0 Å². The molecule has 0 bridgehead atoms. The molecule has 0 saturated heterocycles. The van der Waals surface area contributed by atoms with Crippen molar-refractivity contribution in [3.63, 3.8) is 0 Å². The predicted molar refractivity (Wildman–Crippen MR) is 34.3 cm³/mol. The SMILES string of the molecule is C=Cc1cnnc(N)n1. The molecule has 0 saturated carbocycles. The summed E-state index contributed by atoms with van der Waals surface area (Å²) in [5.41, 5.74) is 5.84. The minimum absolute atomic E-state index is 0.174. The number of rotatable bonds is 1. The summed E-state index contributed by atoms with van der Waals surface area (Å²) in [4.78, 5) is 3.78. The third-order valence-corrected chi connectivity index (χ3v) is 0.803. The second-order valence-electron chi connectivity index (χ2n) is 1.44. The standard InChI is InChI=1S/C5H6N4/c1-2-4-3-7-9-5(6)8-4/h2-3H,1H2,(H2,6,8,9). The van der Waals surface area contributed by atoms with Crippen molar-refractivity contribution in [2.75, 3.05) is 5.73 Å². The quantitative estimate of drug-likeness (QED) is 0.573. The number of nitrogen functional groups attached to an aromatic ring is 1. The first-order chi connectivity index (χ1) is 4.33. The van der Waals surface area contributed by atoms with Gasteiger partial charge in [0.1, 0.15) is 0 Å². The second kappa shape index (κ2) is 2.21. The Kier molecular flexibility index (Phi) is 1.40. The first kappa shape index (κ1) is 5.68. The molecule has 9 heavy (non-hydrogen) atoms. The average molecular weight is 122 g/mol. The zero-order valence-electron chi connectivity index (χ0n) is 4.78. The average Bonchev–Trinajstić information content (AvgIpc) is 1.88. The zero-order valence-corrected chi connectivity index (χ0v) is 4.78. The molecule has 0 radical (unpaired) electrons. The first-order valence-corrected chi connectivity index (χ1v) is 2.40. The molecule has 0 atom stereocenters. The van der Waals surface area contributed by atoms with Crippen LogP contribution in [0.3, 0.4) is 0 Å². The lowest BCUT2D eigenvalue weighted by Gasteiger charge is -1.89. The van der Waals surface area contributed by atoms with Crippen LogP contribution in [0.25, 0.3) is 6.08 Å². The van der Waals surface area contributed by atoms with E-state index < -0.39 is 0 Å². The molecule has 0 amide bonds. The zero-order chi connectivity index (χ0) is 6.69. The molecule has 1 aromatic heterocycles. The van der Waals surface area contributed by atoms with E-state index in [9.17, 15) is 0 Å². The van der Waals surface area contributed by atoms with Crippen molar-refractivity contribution < 1.29 is 0 Å². The Morgan fingerprint density at radius 1 is 1.67 bits per heavy atom. The smallest absolute Gasteiger partial charge is 0.240 e. The van der Waals surface area contributed by atoms with Crippen LogP contribution in [0.1, 0.15) is 5.69 Å². The molecule has 0 aliphatic rings. The van der Waals surface area contributed by atoms with E-state index in [2.05, 4.69) is 21.8 Å². The van der Waals surface area contributed by atoms with E-state index in [1.54, 1.807) is 6.08 Å². The van der Waals surface area contributed by atoms with Gasteiger partial charge in [-0.2, -0.15) is 5.10 Å². The van der Waals surface area contributed by atoms with E-state index in [1.165, 1.54) is 6.20 Å². The number of nitrogens with two attached hydrogens (primary N) is 1. The molecule has 0 aromatic carbocycles. The van der Waals surface area contributed by atoms with Gasteiger partial charge in [0.15, 0.2) is 0 Å². The molecule has 0 spiro atoms. The summed E-state index contributed by atoms with van der Waals surface area (Å²) in [5.74, 6) is 0.174. The summed E-state index contributed by atoms with van der Waals surface area (Å²) >= 11 is 0.